The number of hydrogen-bond acceptors (Lipinski definition) is 5. The molecular formula is C14H20N4O3. The Bertz CT molecular complexity index is 494. The van der Waals surface area contributed by atoms with Crippen LogP contribution in [-0.4, -0.2) is 62.9 Å². The Balaban J connectivity index is 1.92. The van der Waals surface area contributed by atoms with Gasteiger partial charge in [-0.2, -0.15) is 0 Å². The molecule has 1 unspecified atom stereocenters. The first-order chi connectivity index (χ1) is 10.1. The average Bonchev–Trinajstić information content (AvgIpc) is 2.64. The van der Waals surface area contributed by atoms with Crippen LogP contribution < -0.4 is 0 Å². The van der Waals surface area contributed by atoms with Gasteiger partial charge in [0, 0.05) is 26.0 Å². The van der Waals surface area contributed by atoms with Gasteiger partial charge in [0.05, 0.1) is 25.0 Å². The molecule has 0 aromatic carbocycles. The van der Waals surface area contributed by atoms with Gasteiger partial charge < -0.3 is 14.9 Å². The van der Waals surface area contributed by atoms with Crippen LogP contribution >= 0.6 is 0 Å². The largest absolute Gasteiger partial charge is 0.383 e. The second-order valence-electron chi connectivity index (χ2n) is 5.22. The fraction of sp³-hybridized carbons (Fsp3) is 0.571. The van der Waals surface area contributed by atoms with Gasteiger partial charge in [0.2, 0.25) is 5.91 Å². The summed E-state index contributed by atoms with van der Waals surface area (Å²) in [6, 6.07) is 0. The molecule has 0 spiro atoms. The van der Waals surface area contributed by atoms with Crippen molar-refractivity contribution in [3.8, 4) is 0 Å². The van der Waals surface area contributed by atoms with E-state index in [1.54, 1.807) is 25.6 Å². The van der Waals surface area contributed by atoms with E-state index in [1.165, 1.54) is 9.80 Å². The Labute approximate surface area is 123 Å². The number of likely N-dealkylation sites (N-methyl/N-ethyl adjacent to an activating group) is 1. The zero-order valence-electron chi connectivity index (χ0n) is 12.1. The van der Waals surface area contributed by atoms with Crippen molar-refractivity contribution in [2.24, 2.45) is 0 Å². The van der Waals surface area contributed by atoms with E-state index < -0.39 is 6.10 Å². The molecule has 1 atom stereocenters. The van der Waals surface area contributed by atoms with Crippen LogP contribution in [0.3, 0.4) is 0 Å². The quantitative estimate of drug-likeness (QED) is 0.831. The Hall–Kier alpha value is -2.02. The summed E-state index contributed by atoms with van der Waals surface area (Å²) < 4.78 is 0. The molecule has 1 saturated heterocycles. The molecule has 1 aliphatic heterocycles. The molecule has 0 radical (unpaired) electrons. The minimum absolute atomic E-state index is 0.00729. The summed E-state index contributed by atoms with van der Waals surface area (Å²) in [4.78, 5) is 35.1. The van der Waals surface area contributed by atoms with Crippen LogP contribution in [0.2, 0.25) is 0 Å². The number of carbonyl (C=O) groups excluding carboxylic acids is 2. The first-order valence-electron chi connectivity index (χ1n) is 7.03. The van der Waals surface area contributed by atoms with Gasteiger partial charge in [-0.1, -0.05) is 0 Å². The van der Waals surface area contributed by atoms with Crippen molar-refractivity contribution in [3.05, 3.63) is 24.3 Å². The number of carbonyl (C=O) groups is 2. The normalized spacial score (nSPS) is 19.2. The van der Waals surface area contributed by atoms with Crippen molar-refractivity contribution in [2.75, 3.05) is 20.1 Å². The van der Waals surface area contributed by atoms with E-state index in [0.29, 0.717) is 25.2 Å². The van der Waals surface area contributed by atoms with Gasteiger partial charge in [0.1, 0.15) is 6.10 Å². The lowest BCUT2D eigenvalue weighted by Gasteiger charge is -2.24. The van der Waals surface area contributed by atoms with E-state index in [4.69, 9.17) is 0 Å². The van der Waals surface area contributed by atoms with Crippen molar-refractivity contribution >= 4 is 11.8 Å². The lowest BCUT2D eigenvalue weighted by molar-refractivity contribution is -0.145. The topological polar surface area (TPSA) is 86.6 Å². The van der Waals surface area contributed by atoms with Crippen molar-refractivity contribution in [3.63, 3.8) is 0 Å². The third-order valence-electron chi connectivity index (χ3n) is 3.52. The number of aromatic nitrogens is 2. The zero-order chi connectivity index (χ0) is 15.2. The Morgan fingerprint density at radius 3 is 3.00 bits per heavy atom. The lowest BCUT2D eigenvalue weighted by atomic mass is 10.2. The molecule has 7 nitrogen and oxygen atoms in total. The maximum atomic E-state index is 12.2. The molecule has 2 rings (SSSR count). The molecule has 1 aromatic rings. The molecule has 114 valence electrons. The van der Waals surface area contributed by atoms with Gasteiger partial charge in [-0.05, 0) is 19.3 Å². The Morgan fingerprint density at radius 1 is 1.48 bits per heavy atom. The maximum absolute atomic E-state index is 12.2. The molecule has 1 fully saturated rings. The summed E-state index contributed by atoms with van der Waals surface area (Å²) in [6.45, 7) is 0.852. The fourth-order valence-corrected chi connectivity index (χ4v) is 2.27. The third kappa shape index (κ3) is 4.22. The first kappa shape index (κ1) is 15.4. The highest BCUT2D eigenvalue weighted by Gasteiger charge is 2.27. The number of aliphatic hydroxyl groups is 1. The van der Waals surface area contributed by atoms with E-state index in [9.17, 15) is 14.7 Å². The first-order valence-corrected chi connectivity index (χ1v) is 7.03. The molecule has 2 amide bonds. The fourth-order valence-electron chi connectivity index (χ4n) is 2.27. The van der Waals surface area contributed by atoms with Crippen LogP contribution in [0, 0.1) is 0 Å². The minimum Gasteiger partial charge on any atom is -0.383 e. The standard InChI is InChI=1S/C14H20N4O3/c1-17(9-11-8-15-5-6-16-11)13(20)10-18-7-3-2-4-12(19)14(18)21/h5-6,8,12,19H,2-4,7,9-10H2,1H3. The highest BCUT2D eigenvalue weighted by molar-refractivity contribution is 5.87. The number of likely N-dealkylation sites (tertiary alicyclic amines) is 1. The number of amides is 2. The number of hydrogen-bond donors (Lipinski definition) is 1. The van der Waals surface area contributed by atoms with Crippen molar-refractivity contribution < 1.29 is 14.7 Å². The van der Waals surface area contributed by atoms with Crippen LogP contribution in [0.4, 0.5) is 0 Å². The van der Waals surface area contributed by atoms with E-state index in [0.717, 1.165) is 12.8 Å². The molecule has 0 aliphatic carbocycles. The lowest BCUT2D eigenvalue weighted by Crippen LogP contribution is -2.44. The highest BCUT2D eigenvalue weighted by atomic mass is 16.3. The van der Waals surface area contributed by atoms with E-state index in [1.807, 2.05) is 0 Å². The Kier molecular flexibility index (Phi) is 5.21. The van der Waals surface area contributed by atoms with Crippen LogP contribution in [0.25, 0.3) is 0 Å². The molecule has 7 heteroatoms. The second kappa shape index (κ2) is 7.12. The van der Waals surface area contributed by atoms with E-state index >= 15 is 0 Å². The smallest absolute Gasteiger partial charge is 0.251 e. The summed E-state index contributed by atoms with van der Waals surface area (Å²) >= 11 is 0. The van der Waals surface area contributed by atoms with Crippen LogP contribution in [-0.2, 0) is 16.1 Å². The van der Waals surface area contributed by atoms with Gasteiger partial charge in [0.15, 0.2) is 0 Å². The number of aliphatic hydroxyl groups excluding tert-OH is 1. The van der Waals surface area contributed by atoms with Gasteiger partial charge >= 0.3 is 0 Å². The summed E-state index contributed by atoms with van der Waals surface area (Å²) in [6.07, 6.45) is 5.84. The van der Waals surface area contributed by atoms with Gasteiger partial charge in [-0.3, -0.25) is 19.6 Å². The van der Waals surface area contributed by atoms with Crippen molar-refractivity contribution in [2.45, 2.75) is 31.9 Å². The predicted octanol–water partition coefficient (Wildman–Crippen LogP) is -0.192. The predicted molar refractivity (Wildman–Crippen MR) is 74.9 cm³/mol. The van der Waals surface area contributed by atoms with Gasteiger partial charge in [-0.15, -0.1) is 0 Å². The van der Waals surface area contributed by atoms with Gasteiger partial charge in [-0.25, -0.2) is 0 Å². The summed E-state index contributed by atoms with van der Waals surface area (Å²) in [5.74, 6) is -0.531. The van der Waals surface area contributed by atoms with Crippen molar-refractivity contribution in [1.29, 1.82) is 0 Å². The summed E-state index contributed by atoms with van der Waals surface area (Å²) in [5, 5.41) is 9.68. The number of nitrogens with zero attached hydrogens (tertiary/aromatic N) is 4. The van der Waals surface area contributed by atoms with Crippen LogP contribution in [0.1, 0.15) is 25.0 Å². The zero-order valence-corrected chi connectivity index (χ0v) is 12.1. The molecule has 0 bridgehead atoms. The molecular weight excluding hydrogens is 272 g/mol. The van der Waals surface area contributed by atoms with E-state index in [-0.39, 0.29) is 18.4 Å². The SMILES string of the molecule is CN(Cc1cnccn1)C(=O)CN1CCCCC(O)C1=O. The summed E-state index contributed by atoms with van der Waals surface area (Å²) in [5.41, 5.74) is 0.690. The third-order valence-corrected chi connectivity index (χ3v) is 3.52. The molecule has 1 aliphatic rings. The average molecular weight is 292 g/mol. The van der Waals surface area contributed by atoms with Crippen LogP contribution in [0.15, 0.2) is 18.6 Å². The summed E-state index contributed by atoms with van der Waals surface area (Å²) in [7, 11) is 1.66. The van der Waals surface area contributed by atoms with Crippen LogP contribution in [0.5, 0.6) is 0 Å². The molecule has 1 aromatic heterocycles. The van der Waals surface area contributed by atoms with E-state index in [2.05, 4.69) is 9.97 Å². The molecule has 21 heavy (non-hydrogen) atoms. The second-order valence-corrected chi connectivity index (χ2v) is 5.22. The van der Waals surface area contributed by atoms with Gasteiger partial charge in [0.25, 0.3) is 5.91 Å². The highest BCUT2D eigenvalue weighted by Crippen LogP contribution is 2.12. The maximum Gasteiger partial charge on any atom is 0.251 e. The van der Waals surface area contributed by atoms with Crippen molar-refractivity contribution in [1.82, 2.24) is 19.8 Å². The monoisotopic (exact) mass is 292 g/mol. The molecule has 2 heterocycles. The Morgan fingerprint density at radius 2 is 2.29 bits per heavy atom. The number of rotatable bonds is 4. The minimum atomic E-state index is -0.981. The molecule has 1 N–H and O–H groups in total. The molecule has 0 saturated carbocycles.